The van der Waals surface area contributed by atoms with Gasteiger partial charge in [0, 0.05) is 37.4 Å². The molecular formula is C17H25N3O3. The number of carbonyl (C=O) groups is 2. The number of aromatic amines is 1. The molecule has 0 radical (unpaired) electrons. The van der Waals surface area contributed by atoms with Crippen LogP contribution in [0.5, 0.6) is 0 Å². The van der Waals surface area contributed by atoms with E-state index in [0.29, 0.717) is 24.4 Å². The zero-order chi connectivity index (χ0) is 16.4. The predicted octanol–water partition coefficient (Wildman–Crippen LogP) is 1.54. The van der Waals surface area contributed by atoms with Crippen LogP contribution < -0.4 is 0 Å². The zero-order valence-electron chi connectivity index (χ0n) is 13.9. The summed E-state index contributed by atoms with van der Waals surface area (Å²) in [6.07, 6.45) is 3.93. The van der Waals surface area contributed by atoms with Crippen LogP contribution >= 0.6 is 0 Å². The highest BCUT2D eigenvalue weighted by Crippen LogP contribution is 2.15. The first-order valence-corrected chi connectivity index (χ1v) is 8.41. The number of aromatic nitrogens is 1. The molecular weight excluding hydrogens is 294 g/mol. The van der Waals surface area contributed by atoms with Crippen molar-refractivity contribution in [3.8, 4) is 0 Å². The fourth-order valence-electron chi connectivity index (χ4n) is 3.24. The summed E-state index contributed by atoms with van der Waals surface area (Å²) in [5, 5.41) is 0. The lowest BCUT2D eigenvalue weighted by molar-refractivity contribution is -0.0460. The number of H-pyrrole nitrogens is 1. The van der Waals surface area contributed by atoms with Crippen LogP contribution in [0.15, 0.2) is 12.3 Å². The van der Waals surface area contributed by atoms with Gasteiger partial charge in [-0.05, 0) is 32.8 Å². The molecule has 0 unspecified atom stereocenters. The van der Waals surface area contributed by atoms with Gasteiger partial charge < -0.3 is 14.6 Å². The first-order chi connectivity index (χ1) is 11.0. The van der Waals surface area contributed by atoms with E-state index in [-0.39, 0.29) is 23.8 Å². The Labute approximate surface area is 136 Å². The summed E-state index contributed by atoms with van der Waals surface area (Å²) in [5.41, 5.74) is 1.09. The van der Waals surface area contributed by atoms with Crippen LogP contribution in [0.3, 0.4) is 0 Å². The summed E-state index contributed by atoms with van der Waals surface area (Å²) >= 11 is 0. The molecule has 3 heterocycles. The molecule has 23 heavy (non-hydrogen) atoms. The summed E-state index contributed by atoms with van der Waals surface area (Å²) in [7, 11) is 0. The highest BCUT2D eigenvalue weighted by atomic mass is 16.5. The van der Waals surface area contributed by atoms with Gasteiger partial charge in [0.2, 0.25) is 0 Å². The number of nitrogens with zero attached hydrogens (tertiary/aromatic N) is 2. The number of Topliss-reactive ketones (excluding diaryl/α,β-unsaturated/α-hetero) is 1. The van der Waals surface area contributed by atoms with E-state index in [1.54, 1.807) is 12.3 Å². The number of likely N-dealkylation sites (tertiary alicyclic amines) is 1. The number of hydrogen-bond donors (Lipinski definition) is 1. The van der Waals surface area contributed by atoms with Crippen LogP contribution in [-0.4, -0.2) is 71.4 Å². The third kappa shape index (κ3) is 3.64. The normalized spacial score (nSPS) is 25.7. The van der Waals surface area contributed by atoms with Crippen LogP contribution in [-0.2, 0) is 4.74 Å². The molecule has 0 aromatic carbocycles. The average Bonchev–Trinajstić information content (AvgIpc) is 3.21. The van der Waals surface area contributed by atoms with Gasteiger partial charge in [0.1, 0.15) is 5.69 Å². The number of nitrogens with one attached hydrogen (secondary N) is 1. The summed E-state index contributed by atoms with van der Waals surface area (Å²) in [4.78, 5) is 31.8. The molecule has 6 nitrogen and oxygen atoms in total. The number of ether oxygens (including phenoxy) is 1. The Kier molecular flexibility index (Phi) is 4.82. The average molecular weight is 319 g/mol. The molecule has 6 heteroatoms. The Balaban J connectivity index is 1.62. The van der Waals surface area contributed by atoms with Crippen molar-refractivity contribution in [2.24, 2.45) is 0 Å². The summed E-state index contributed by atoms with van der Waals surface area (Å²) in [6, 6.07) is 1.93. The Morgan fingerprint density at radius 3 is 2.78 bits per heavy atom. The molecule has 1 N–H and O–H groups in total. The van der Waals surface area contributed by atoms with Crippen molar-refractivity contribution in [1.29, 1.82) is 0 Å². The van der Waals surface area contributed by atoms with Crippen molar-refractivity contribution >= 4 is 11.7 Å². The Morgan fingerprint density at radius 2 is 2.04 bits per heavy atom. The molecule has 2 saturated heterocycles. The second-order valence-corrected chi connectivity index (χ2v) is 6.65. The van der Waals surface area contributed by atoms with E-state index < -0.39 is 0 Å². The van der Waals surface area contributed by atoms with Gasteiger partial charge in [0.15, 0.2) is 5.78 Å². The first-order valence-electron chi connectivity index (χ1n) is 8.41. The lowest BCUT2D eigenvalue weighted by Gasteiger charge is -2.36. The highest BCUT2D eigenvalue weighted by molar-refractivity contribution is 6.01. The zero-order valence-corrected chi connectivity index (χ0v) is 13.9. The van der Waals surface area contributed by atoms with E-state index in [1.165, 1.54) is 0 Å². The van der Waals surface area contributed by atoms with Crippen LogP contribution in [0.4, 0.5) is 0 Å². The highest BCUT2D eigenvalue weighted by Gasteiger charge is 2.26. The second-order valence-electron chi connectivity index (χ2n) is 6.65. The Morgan fingerprint density at radius 1 is 1.30 bits per heavy atom. The lowest BCUT2D eigenvalue weighted by Crippen LogP contribution is -2.49. The molecule has 1 aromatic rings. The molecule has 3 rings (SSSR count). The molecule has 126 valence electrons. The van der Waals surface area contributed by atoms with E-state index in [0.717, 1.165) is 32.5 Å². The van der Waals surface area contributed by atoms with Crippen molar-refractivity contribution < 1.29 is 14.3 Å². The van der Waals surface area contributed by atoms with Crippen molar-refractivity contribution in [2.75, 3.05) is 32.8 Å². The molecule has 0 bridgehead atoms. The van der Waals surface area contributed by atoms with E-state index in [2.05, 4.69) is 16.8 Å². The van der Waals surface area contributed by atoms with Gasteiger partial charge in [0.05, 0.1) is 19.3 Å². The number of rotatable bonds is 4. The number of hydrogen-bond acceptors (Lipinski definition) is 4. The lowest BCUT2D eigenvalue weighted by atomic mass is 10.1. The molecule has 2 aliphatic heterocycles. The fourth-order valence-corrected chi connectivity index (χ4v) is 3.24. The molecule has 0 aliphatic carbocycles. The SMILES string of the molecule is C[C@@H]1CO[C@@H](C)CN1CC(=O)c1c[nH]c(C(=O)N2CCCC2)c1. The van der Waals surface area contributed by atoms with Gasteiger partial charge >= 0.3 is 0 Å². The van der Waals surface area contributed by atoms with E-state index >= 15 is 0 Å². The number of amides is 1. The maximum Gasteiger partial charge on any atom is 0.270 e. The smallest absolute Gasteiger partial charge is 0.270 e. The van der Waals surface area contributed by atoms with Crippen molar-refractivity contribution in [3.63, 3.8) is 0 Å². The van der Waals surface area contributed by atoms with Crippen molar-refractivity contribution in [1.82, 2.24) is 14.8 Å². The van der Waals surface area contributed by atoms with Crippen LogP contribution in [0.25, 0.3) is 0 Å². The largest absolute Gasteiger partial charge is 0.376 e. The fraction of sp³-hybridized carbons (Fsp3) is 0.647. The van der Waals surface area contributed by atoms with Gasteiger partial charge in [0.25, 0.3) is 5.91 Å². The van der Waals surface area contributed by atoms with E-state index in [1.807, 2.05) is 11.8 Å². The summed E-state index contributed by atoms with van der Waals surface area (Å²) in [5.74, 6) is 0.0394. The number of morpholine rings is 1. The monoisotopic (exact) mass is 319 g/mol. The molecule has 2 aliphatic rings. The molecule has 0 spiro atoms. The van der Waals surface area contributed by atoms with Gasteiger partial charge in [-0.2, -0.15) is 0 Å². The standard InChI is InChI=1S/C17H25N3O3/c1-12-11-23-13(2)9-20(12)10-16(21)14-7-15(18-8-14)17(22)19-5-3-4-6-19/h7-8,12-13,18H,3-6,9-11H2,1-2H3/t12-,13+/m1/s1. The number of ketones is 1. The predicted molar refractivity (Wildman–Crippen MR) is 86.7 cm³/mol. The van der Waals surface area contributed by atoms with Gasteiger partial charge in [-0.15, -0.1) is 0 Å². The minimum absolute atomic E-state index is 0.00471. The first kappa shape index (κ1) is 16.2. The summed E-state index contributed by atoms with van der Waals surface area (Å²) in [6.45, 7) is 7.49. The minimum Gasteiger partial charge on any atom is -0.376 e. The van der Waals surface area contributed by atoms with Gasteiger partial charge in [-0.1, -0.05) is 0 Å². The molecule has 1 aromatic heterocycles. The van der Waals surface area contributed by atoms with Crippen molar-refractivity contribution in [2.45, 2.75) is 38.8 Å². The van der Waals surface area contributed by atoms with Crippen LogP contribution in [0.2, 0.25) is 0 Å². The maximum absolute atomic E-state index is 12.5. The van der Waals surface area contributed by atoms with Gasteiger partial charge in [-0.25, -0.2) is 0 Å². The van der Waals surface area contributed by atoms with E-state index in [9.17, 15) is 9.59 Å². The molecule has 1 amide bonds. The van der Waals surface area contributed by atoms with Crippen molar-refractivity contribution in [3.05, 3.63) is 23.5 Å². The third-order valence-corrected chi connectivity index (χ3v) is 4.71. The number of carbonyl (C=O) groups excluding carboxylic acids is 2. The van der Waals surface area contributed by atoms with Crippen LogP contribution in [0.1, 0.15) is 47.5 Å². The van der Waals surface area contributed by atoms with Crippen LogP contribution in [0, 0.1) is 0 Å². The topological polar surface area (TPSA) is 65.6 Å². The van der Waals surface area contributed by atoms with Gasteiger partial charge in [-0.3, -0.25) is 14.5 Å². The Hall–Kier alpha value is -1.66. The van der Waals surface area contributed by atoms with E-state index in [4.69, 9.17) is 4.74 Å². The molecule has 2 fully saturated rings. The summed E-state index contributed by atoms with van der Waals surface area (Å²) < 4.78 is 5.59. The third-order valence-electron chi connectivity index (χ3n) is 4.71. The molecule has 0 saturated carbocycles. The quantitative estimate of drug-likeness (QED) is 0.855. The molecule has 2 atom stereocenters. The Bertz CT molecular complexity index is 577. The second kappa shape index (κ2) is 6.84. The minimum atomic E-state index is -0.00471. The maximum atomic E-state index is 12.5.